The fraction of sp³-hybridized carbons (Fsp3) is 0.333. The minimum absolute atomic E-state index is 0.0228. The number of nitro groups is 1. The van der Waals surface area contributed by atoms with Crippen molar-refractivity contribution in [2.24, 2.45) is 0 Å². The number of carbonyl (C=O) groups is 1. The second-order valence-corrected chi connectivity index (χ2v) is 3.08. The molecule has 7 nitrogen and oxygen atoms in total. The lowest BCUT2D eigenvalue weighted by Gasteiger charge is -2.02. The fourth-order valence-electron chi connectivity index (χ4n) is 1.05. The van der Waals surface area contributed by atoms with Crippen LogP contribution in [0.1, 0.15) is 6.42 Å². The van der Waals surface area contributed by atoms with Gasteiger partial charge in [0.2, 0.25) is 5.91 Å². The van der Waals surface area contributed by atoms with Gasteiger partial charge in [0, 0.05) is 6.54 Å². The summed E-state index contributed by atoms with van der Waals surface area (Å²) < 4.78 is 1.22. The molecule has 7 heteroatoms. The summed E-state index contributed by atoms with van der Waals surface area (Å²) in [6.07, 6.45) is 4.70. The van der Waals surface area contributed by atoms with Gasteiger partial charge in [0.25, 0.3) is 0 Å². The molecule has 0 aromatic carbocycles. The molecule has 1 N–H and O–H groups in total. The Morgan fingerprint density at radius 1 is 1.75 bits per heavy atom. The van der Waals surface area contributed by atoms with Gasteiger partial charge in [0.05, 0.1) is 4.92 Å². The van der Waals surface area contributed by atoms with Gasteiger partial charge in [-0.15, -0.1) is 6.58 Å². The number of nitrogens with one attached hydrogen (secondary N) is 1. The Labute approximate surface area is 91.9 Å². The summed E-state index contributed by atoms with van der Waals surface area (Å²) in [6, 6.07) is 0. The summed E-state index contributed by atoms with van der Waals surface area (Å²) >= 11 is 0. The van der Waals surface area contributed by atoms with Crippen LogP contribution in [-0.2, 0) is 11.3 Å². The fourth-order valence-corrected chi connectivity index (χ4v) is 1.05. The number of amides is 1. The second-order valence-electron chi connectivity index (χ2n) is 3.08. The number of hydrogen-bond donors (Lipinski definition) is 1. The van der Waals surface area contributed by atoms with Gasteiger partial charge >= 0.3 is 5.69 Å². The SMILES string of the molecule is C=CCCNC(=O)Cn1cc([N+](=O)[O-])cn1. The topological polar surface area (TPSA) is 90.1 Å². The van der Waals surface area contributed by atoms with Crippen molar-refractivity contribution in [2.75, 3.05) is 6.54 Å². The van der Waals surface area contributed by atoms with E-state index in [0.29, 0.717) is 13.0 Å². The van der Waals surface area contributed by atoms with E-state index in [4.69, 9.17) is 0 Å². The van der Waals surface area contributed by atoms with E-state index in [2.05, 4.69) is 17.0 Å². The molecular weight excluding hydrogens is 212 g/mol. The van der Waals surface area contributed by atoms with Gasteiger partial charge in [-0.3, -0.25) is 19.6 Å². The molecule has 0 unspecified atom stereocenters. The largest absolute Gasteiger partial charge is 0.354 e. The van der Waals surface area contributed by atoms with Crippen LogP contribution in [0.3, 0.4) is 0 Å². The van der Waals surface area contributed by atoms with E-state index in [0.717, 1.165) is 6.20 Å². The van der Waals surface area contributed by atoms with Crippen LogP contribution in [0.15, 0.2) is 25.0 Å². The van der Waals surface area contributed by atoms with E-state index in [-0.39, 0.29) is 18.1 Å². The molecule has 16 heavy (non-hydrogen) atoms. The second kappa shape index (κ2) is 5.64. The van der Waals surface area contributed by atoms with E-state index >= 15 is 0 Å². The molecule has 86 valence electrons. The maximum absolute atomic E-state index is 11.3. The summed E-state index contributed by atoms with van der Waals surface area (Å²) in [7, 11) is 0. The van der Waals surface area contributed by atoms with Crippen LogP contribution >= 0.6 is 0 Å². The average Bonchev–Trinajstić information content (AvgIpc) is 2.66. The van der Waals surface area contributed by atoms with Crippen molar-refractivity contribution in [1.29, 1.82) is 0 Å². The molecule has 0 aliphatic heterocycles. The number of carbonyl (C=O) groups excluding carboxylic acids is 1. The summed E-state index contributed by atoms with van der Waals surface area (Å²) in [5, 5.41) is 16.7. The minimum atomic E-state index is -0.556. The third-order valence-electron chi connectivity index (χ3n) is 1.81. The third-order valence-corrected chi connectivity index (χ3v) is 1.81. The van der Waals surface area contributed by atoms with Crippen LogP contribution in [0.2, 0.25) is 0 Å². The summed E-state index contributed by atoms with van der Waals surface area (Å²) in [6.45, 7) is 4.00. The summed E-state index contributed by atoms with van der Waals surface area (Å²) in [5.74, 6) is -0.236. The average molecular weight is 224 g/mol. The Hall–Kier alpha value is -2.18. The van der Waals surface area contributed by atoms with Crippen LogP contribution in [0.4, 0.5) is 5.69 Å². The summed E-state index contributed by atoms with van der Waals surface area (Å²) in [5.41, 5.74) is -0.126. The van der Waals surface area contributed by atoms with Crippen LogP contribution in [0, 0.1) is 10.1 Å². The number of hydrogen-bond acceptors (Lipinski definition) is 4. The molecule has 0 atom stereocenters. The van der Waals surface area contributed by atoms with Gasteiger partial charge in [0.15, 0.2) is 0 Å². The molecule has 1 amide bonds. The monoisotopic (exact) mass is 224 g/mol. The quantitative estimate of drug-likeness (QED) is 0.329. The standard InChI is InChI=1S/C9H12N4O3/c1-2-3-4-10-9(14)7-12-6-8(5-11-12)13(15)16/h2,5-6H,1,3-4,7H2,(H,10,14). The zero-order chi connectivity index (χ0) is 12.0. The normalized spacial score (nSPS) is 9.75. The predicted octanol–water partition coefficient (Wildman–Crippen LogP) is 0.484. The van der Waals surface area contributed by atoms with Crippen LogP contribution in [0.5, 0.6) is 0 Å². The maximum Gasteiger partial charge on any atom is 0.307 e. The van der Waals surface area contributed by atoms with Gasteiger partial charge in [0.1, 0.15) is 18.9 Å². The van der Waals surface area contributed by atoms with Crippen molar-refractivity contribution >= 4 is 11.6 Å². The Kier molecular flexibility index (Phi) is 4.19. The molecule has 1 heterocycles. The zero-order valence-electron chi connectivity index (χ0n) is 8.63. The molecule has 0 fully saturated rings. The first-order valence-corrected chi connectivity index (χ1v) is 4.68. The Morgan fingerprint density at radius 3 is 3.06 bits per heavy atom. The van der Waals surface area contributed by atoms with E-state index in [1.54, 1.807) is 6.08 Å². The molecular formula is C9H12N4O3. The third kappa shape index (κ3) is 3.52. The van der Waals surface area contributed by atoms with E-state index in [9.17, 15) is 14.9 Å². The lowest BCUT2D eigenvalue weighted by atomic mass is 10.4. The lowest BCUT2D eigenvalue weighted by molar-refractivity contribution is -0.385. The van der Waals surface area contributed by atoms with Crippen molar-refractivity contribution in [3.8, 4) is 0 Å². The number of rotatable bonds is 6. The van der Waals surface area contributed by atoms with E-state index < -0.39 is 4.92 Å². The van der Waals surface area contributed by atoms with Gasteiger partial charge in [-0.1, -0.05) is 6.08 Å². The molecule has 0 spiro atoms. The minimum Gasteiger partial charge on any atom is -0.354 e. The Morgan fingerprint density at radius 2 is 2.50 bits per heavy atom. The molecule has 0 bridgehead atoms. The predicted molar refractivity (Wildman–Crippen MR) is 56.7 cm³/mol. The smallest absolute Gasteiger partial charge is 0.307 e. The van der Waals surface area contributed by atoms with Gasteiger partial charge in [-0.2, -0.15) is 5.10 Å². The Balaban J connectivity index is 2.43. The molecule has 0 saturated heterocycles. The highest BCUT2D eigenvalue weighted by atomic mass is 16.6. The highest BCUT2D eigenvalue weighted by Crippen LogP contribution is 2.07. The molecule has 0 saturated carbocycles. The molecule has 1 aromatic heterocycles. The first-order valence-electron chi connectivity index (χ1n) is 4.68. The van der Waals surface area contributed by atoms with Crippen molar-refractivity contribution in [1.82, 2.24) is 15.1 Å². The maximum atomic E-state index is 11.3. The van der Waals surface area contributed by atoms with Crippen molar-refractivity contribution in [2.45, 2.75) is 13.0 Å². The van der Waals surface area contributed by atoms with Crippen molar-refractivity contribution in [3.05, 3.63) is 35.2 Å². The van der Waals surface area contributed by atoms with Gasteiger partial charge < -0.3 is 5.32 Å². The van der Waals surface area contributed by atoms with Crippen LogP contribution in [0.25, 0.3) is 0 Å². The Bertz CT molecular complexity index is 399. The van der Waals surface area contributed by atoms with Crippen LogP contribution < -0.4 is 5.32 Å². The van der Waals surface area contributed by atoms with E-state index in [1.165, 1.54) is 10.9 Å². The van der Waals surface area contributed by atoms with Crippen molar-refractivity contribution < 1.29 is 9.72 Å². The number of nitrogens with zero attached hydrogens (tertiary/aromatic N) is 3. The van der Waals surface area contributed by atoms with E-state index in [1.807, 2.05) is 0 Å². The zero-order valence-corrected chi connectivity index (χ0v) is 8.63. The first kappa shape index (κ1) is 11.9. The molecule has 0 aliphatic carbocycles. The molecule has 1 rings (SSSR count). The molecule has 0 aliphatic rings. The number of aromatic nitrogens is 2. The lowest BCUT2D eigenvalue weighted by Crippen LogP contribution is -2.28. The first-order chi connectivity index (χ1) is 7.63. The molecule has 0 radical (unpaired) electrons. The molecule has 1 aromatic rings. The van der Waals surface area contributed by atoms with Crippen molar-refractivity contribution in [3.63, 3.8) is 0 Å². The highest BCUT2D eigenvalue weighted by molar-refractivity contribution is 5.75. The highest BCUT2D eigenvalue weighted by Gasteiger charge is 2.10. The summed E-state index contributed by atoms with van der Waals surface area (Å²) in [4.78, 5) is 21.1. The van der Waals surface area contributed by atoms with Gasteiger partial charge in [-0.25, -0.2) is 0 Å². The van der Waals surface area contributed by atoms with Crippen LogP contribution in [-0.4, -0.2) is 27.2 Å². The van der Waals surface area contributed by atoms with Gasteiger partial charge in [-0.05, 0) is 6.42 Å².